The number of halogens is 1. The Balaban J connectivity index is 1.36. The number of rotatable bonds is 6. The van der Waals surface area contributed by atoms with Crippen LogP contribution in [0, 0.1) is 0 Å². The number of esters is 1. The topological polar surface area (TPSA) is 96.5 Å². The number of sulfonamides is 1. The minimum Gasteiger partial charge on any atom is -0.454 e. The number of carbonyl (C=O) groups excluding carboxylic acids is 2. The van der Waals surface area contributed by atoms with Crippen molar-refractivity contribution in [1.82, 2.24) is 4.98 Å². The molecule has 4 aromatic rings. The van der Waals surface area contributed by atoms with Gasteiger partial charge in [0.2, 0.25) is 5.78 Å². The first-order chi connectivity index (χ1) is 16.4. The number of nitrogens with one attached hydrogen (secondary N) is 1. The molecular weight excluding hydrogens is 476 g/mol. The first-order valence-corrected chi connectivity index (χ1v) is 12.3. The molecule has 3 aromatic carbocycles. The second-order valence-electron chi connectivity index (χ2n) is 7.85. The van der Waals surface area contributed by atoms with Crippen LogP contribution in [0.15, 0.2) is 77.8 Å². The zero-order chi connectivity index (χ0) is 23.9. The largest absolute Gasteiger partial charge is 0.454 e. The molecule has 1 N–H and O–H groups in total. The number of anilines is 1. The van der Waals surface area contributed by atoms with Gasteiger partial charge in [-0.2, -0.15) is 0 Å². The van der Waals surface area contributed by atoms with E-state index in [2.05, 4.69) is 4.98 Å². The number of ketones is 1. The van der Waals surface area contributed by atoms with Crippen LogP contribution in [0.5, 0.6) is 0 Å². The molecule has 2 heterocycles. The van der Waals surface area contributed by atoms with Crippen LogP contribution in [0.3, 0.4) is 0 Å². The summed E-state index contributed by atoms with van der Waals surface area (Å²) in [6.07, 6.45) is 2.16. The maximum Gasteiger partial charge on any atom is 0.338 e. The lowest BCUT2D eigenvalue weighted by molar-refractivity contribution is 0.0475. The van der Waals surface area contributed by atoms with Crippen molar-refractivity contribution in [2.75, 3.05) is 17.5 Å². The van der Waals surface area contributed by atoms with E-state index >= 15 is 0 Å². The van der Waals surface area contributed by atoms with E-state index in [0.717, 1.165) is 16.5 Å². The smallest absolute Gasteiger partial charge is 0.338 e. The van der Waals surface area contributed by atoms with E-state index < -0.39 is 22.6 Å². The number of aromatic amines is 1. The van der Waals surface area contributed by atoms with Gasteiger partial charge >= 0.3 is 5.97 Å². The molecule has 0 atom stereocenters. The Morgan fingerprint density at radius 1 is 1.03 bits per heavy atom. The Kier molecular flexibility index (Phi) is 5.63. The molecule has 1 aliphatic rings. The summed E-state index contributed by atoms with van der Waals surface area (Å²) < 4.78 is 33.2. The van der Waals surface area contributed by atoms with Crippen molar-refractivity contribution in [3.63, 3.8) is 0 Å². The van der Waals surface area contributed by atoms with Crippen LogP contribution in [0.1, 0.15) is 26.3 Å². The van der Waals surface area contributed by atoms with Gasteiger partial charge in [-0.05, 0) is 42.3 Å². The third kappa shape index (κ3) is 3.85. The van der Waals surface area contributed by atoms with E-state index in [1.165, 1.54) is 22.5 Å². The van der Waals surface area contributed by atoms with Crippen molar-refractivity contribution in [3.8, 4) is 0 Å². The van der Waals surface area contributed by atoms with Gasteiger partial charge < -0.3 is 9.72 Å². The fourth-order valence-electron chi connectivity index (χ4n) is 4.10. The number of para-hydroxylation sites is 2. The molecule has 34 heavy (non-hydrogen) atoms. The average Bonchev–Trinajstić information content (AvgIpc) is 3.47. The summed E-state index contributed by atoms with van der Waals surface area (Å²) in [5.74, 6) is -1.19. The van der Waals surface area contributed by atoms with Gasteiger partial charge in [0.25, 0.3) is 10.0 Å². The number of hydrogen-bond acceptors (Lipinski definition) is 5. The first kappa shape index (κ1) is 22.2. The van der Waals surface area contributed by atoms with Crippen LogP contribution < -0.4 is 4.31 Å². The summed E-state index contributed by atoms with van der Waals surface area (Å²) in [5.41, 5.74) is 2.72. The average molecular weight is 495 g/mol. The molecule has 1 aromatic heterocycles. The summed E-state index contributed by atoms with van der Waals surface area (Å²) in [6, 6.07) is 18.5. The van der Waals surface area contributed by atoms with Crippen molar-refractivity contribution in [2.24, 2.45) is 0 Å². The Morgan fingerprint density at radius 3 is 2.65 bits per heavy atom. The Morgan fingerprint density at radius 2 is 1.79 bits per heavy atom. The summed E-state index contributed by atoms with van der Waals surface area (Å²) in [7, 11) is -4.01. The lowest BCUT2D eigenvalue weighted by atomic mass is 10.1. The van der Waals surface area contributed by atoms with Crippen molar-refractivity contribution in [2.45, 2.75) is 11.3 Å². The Labute approximate surface area is 201 Å². The van der Waals surface area contributed by atoms with Gasteiger partial charge in [-0.3, -0.25) is 9.10 Å². The van der Waals surface area contributed by atoms with Crippen LogP contribution in [-0.2, 0) is 21.2 Å². The molecular formula is C25H19ClN2O5S. The van der Waals surface area contributed by atoms with Gasteiger partial charge in [-0.1, -0.05) is 48.0 Å². The predicted octanol–water partition coefficient (Wildman–Crippen LogP) is 4.61. The highest BCUT2D eigenvalue weighted by Crippen LogP contribution is 2.35. The standard InChI is InChI=1S/C25H19ClN2O5S/c26-20-10-9-17(13-24(20)34(31,32)28-12-11-16-5-1-4-8-22(16)28)25(30)33-15-23(29)19-14-27-21-7-3-2-6-18(19)21/h1-10,13-14,27H,11-12,15H2. The zero-order valence-corrected chi connectivity index (χ0v) is 19.4. The second kappa shape index (κ2) is 8.62. The van der Waals surface area contributed by atoms with Crippen LogP contribution in [0.4, 0.5) is 5.69 Å². The quantitative estimate of drug-likeness (QED) is 0.312. The number of Topliss-reactive ketones (excluding diaryl/α,β-unsaturated/α-hetero) is 1. The van der Waals surface area contributed by atoms with E-state index in [4.69, 9.17) is 16.3 Å². The molecule has 0 amide bonds. The third-order valence-corrected chi connectivity index (χ3v) is 8.10. The molecule has 0 unspecified atom stereocenters. The molecule has 0 saturated heterocycles. The fourth-order valence-corrected chi connectivity index (χ4v) is 6.11. The van der Waals surface area contributed by atoms with Crippen LogP contribution in [-0.4, -0.2) is 38.3 Å². The maximum absolute atomic E-state index is 13.4. The Hall–Kier alpha value is -3.62. The van der Waals surface area contributed by atoms with Gasteiger partial charge in [0.05, 0.1) is 16.3 Å². The predicted molar refractivity (Wildman–Crippen MR) is 129 cm³/mol. The van der Waals surface area contributed by atoms with Crippen molar-refractivity contribution in [1.29, 1.82) is 0 Å². The molecule has 0 saturated carbocycles. The molecule has 9 heteroatoms. The van der Waals surface area contributed by atoms with Gasteiger partial charge in [0.1, 0.15) is 4.90 Å². The van der Waals surface area contributed by atoms with Gasteiger partial charge in [0, 0.05) is 29.2 Å². The number of fused-ring (bicyclic) bond motifs is 2. The number of H-pyrrole nitrogens is 1. The maximum atomic E-state index is 13.4. The molecule has 0 fully saturated rings. The van der Waals surface area contributed by atoms with E-state index in [0.29, 0.717) is 17.7 Å². The SMILES string of the molecule is O=C(OCC(=O)c1c[nH]c2ccccc12)c1ccc(Cl)c(S(=O)(=O)N2CCc3ccccc32)c1. The number of benzene rings is 3. The fraction of sp³-hybridized carbons (Fsp3) is 0.120. The molecule has 7 nitrogen and oxygen atoms in total. The van der Waals surface area contributed by atoms with E-state index in [1.807, 2.05) is 30.3 Å². The van der Waals surface area contributed by atoms with Gasteiger partial charge in [-0.25, -0.2) is 13.2 Å². The van der Waals surface area contributed by atoms with E-state index in [1.54, 1.807) is 24.4 Å². The molecule has 0 aliphatic carbocycles. The van der Waals surface area contributed by atoms with E-state index in [-0.39, 0.29) is 27.8 Å². The summed E-state index contributed by atoms with van der Waals surface area (Å²) in [6.45, 7) is -0.198. The third-order valence-electron chi connectivity index (χ3n) is 5.80. The van der Waals surface area contributed by atoms with Crippen LogP contribution in [0.25, 0.3) is 10.9 Å². The van der Waals surface area contributed by atoms with Crippen molar-refractivity contribution in [3.05, 3.63) is 94.6 Å². The van der Waals surface area contributed by atoms with E-state index in [9.17, 15) is 18.0 Å². The van der Waals surface area contributed by atoms with Crippen molar-refractivity contribution >= 4 is 50.0 Å². The monoisotopic (exact) mass is 494 g/mol. The minimum absolute atomic E-state index is 0.00389. The summed E-state index contributed by atoms with van der Waals surface area (Å²) in [5, 5.41) is 0.727. The lowest BCUT2D eigenvalue weighted by Crippen LogP contribution is -2.29. The molecule has 1 aliphatic heterocycles. The highest BCUT2D eigenvalue weighted by Gasteiger charge is 2.32. The number of carbonyl (C=O) groups is 2. The van der Waals surface area contributed by atoms with Crippen LogP contribution >= 0.6 is 11.6 Å². The molecule has 5 rings (SSSR count). The molecule has 0 radical (unpaired) electrons. The normalized spacial score (nSPS) is 13.1. The minimum atomic E-state index is -4.01. The molecule has 172 valence electrons. The van der Waals surface area contributed by atoms with Gasteiger partial charge in [0.15, 0.2) is 6.61 Å². The number of ether oxygens (including phenoxy) is 1. The lowest BCUT2D eigenvalue weighted by Gasteiger charge is -2.20. The summed E-state index contributed by atoms with van der Waals surface area (Å²) >= 11 is 6.23. The first-order valence-electron chi connectivity index (χ1n) is 10.5. The Bertz CT molecular complexity index is 1540. The molecule has 0 spiro atoms. The van der Waals surface area contributed by atoms with Crippen molar-refractivity contribution < 1.29 is 22.7 Å². The number of hydrogen-bond donors (Lipinski definition) is 1. The zero-order valence-electron chi connectivity index (χ0n) is 17.8. The van der Waals surface area contributed by atoms with Crippen LogP contribution in [0.2, 0.25) is 5.02 Å². The van der Waals surface area contributed by atoms with Gasteiger partial charge in [-0.15, -0.1) is 0 Å². The second-order valence-corrected chi connectivity index (χ2v) is 10.1. The highest BCUT2D eigenvalue weighted by molar-refractivity contribution is 7.93. The number of aromatic nitrogens is 1. The number of nitrogens with zero attached hydrogens (tertiary/aromatic N) is 1. The summed E-state index contributed by atoms with van der Waals surface area (Å²) in [4.78, 5) is 28.1. The highest BCUT2D eigenvalue weighted by atomic mass is 35.5. The molecule has 0 bridgehead atoms.